The highest BCUT2D eigenvalue weighted by atomic mass is 16.6. The van der Waals surface area contributed by atoms with Crippen molar-refractivity contribution in [3.05, 3.63) is 48.0 Å². The number of piperidine rings is 1. The van der Waals surface area contributed by atoms with Gasteiger partial charge in [-0.05, 0) is 69.4 Å². The lowest BCUT2D eigenvalue weighted by atomic mass is 9.55. The number of ether oxygens (including phenoxy) is 1. The summed E-state index contributed by atoms with van der Waals surface area (Å²) in [5.74, 6) is 1.21. The van der Waals surface area contributed by atoms with Gasteiger partial charge in [0.25, 0.3) is 0 Å². The van der Waals surface area contributed by atoms with Gasteiger partial charge in [0.1, 0.15) is 6.10 Å². The Hall–Kier alpha value is -1.94. The van der Waals surface area contributed by atoms with Crippen LogP contribution < -0.4 is 0 Å². The number of carbonyl (C=O) groups is 2. The zero-order valence-corrected chi connectivity index (χ0v) is 18.7. The van der Waals surface area contributed by atoms with E-state index in [0.29, 0.717) is 11.8 Å². The normalized spacial score (nSPS) is 36.5. The van der Waals surface area contributed by atoms with Gasteiger partial charge in [0, 0.05) is 23.9 Å². The SMILES string of the molecule is C=C1CCC[C@]2(C)C[C@H]3OC(=O)[C@@H](CN4CCC(C(=O)c5ccccc5)CC4)[C@@H]3C[C@@H]12. The summed E-state index contributed by atoms with van der Waals surface area (Å²) in [6.07, 6.45) is 7.48. The van der Waals surface area contributed by atoms with Crippen LogP contribution in [0.1, 0.15) is 62.2 Å². The molecule has 4 fully saturated rings. The summed E-state index contributed by atoms with van der Waals surface area (Å²) in [5.41, 5.74) is 2.47. The Morgan fingerprint density at radius 1 is 1.23 bits per heavy atom. The first kappa shape index (κ1) is 20.9. The summed E-state index contributed by atoms with van der Waals surface area (Å²) in [6.45, 7) is 9.34. The second-order valence-electron chi connectivity index (χ2n) is 10.7. The third-order valence-corrected chi connectivity index (χ3v) is 8.79. The number of hydrogen-bond donors (Lipinski definition) is 0. The molecular formula is C27H35NO3. The van der Waals surface area contributed by atoms with Gasteiger partial charge >= 0.3 is 5.97 Å². The molecule has 1 aromatic rings. The molecule has 1 aromatic carbocycles. The van der Waals surface area contributed by atoms with Gasteiger partial charge in [-0.25, -0.2) is 0 Å². The molecule has 4 nitrogen and oxygen atoms in total. The maximum atomic E-state index is 12.8. The van der Waals surface area contributed by atoms with Crippen molar-refractivity contribution in [3.8, 4) is 0 Å². The molecule has 166 valence electrons. The molecule has 4 heteroatoms. The van der Waals surface area contributed by atoms with Crippen molar-refractivity contribution in [2.75, 3.05) is 19.6 Å². The lowest BCUT2D eigenvalue weighted by Gasteiger charge is -2.50. The van der Waals surface area contributed by atoms with Gasteiger partial charge in [-0.15, -0.1) is 0 Å². The highest BCUT2D eigenvalue weighted by molar-refractivity contribution is 5.97. The van der Waals surface area contributed by atoms with Crippen molar-refractivity contribution in [3.63, 3.8) is 0 Å². The molecule has 2 aliphatic carbocycles. The standard InChI is InChI=1S/C27H35NO3/c1-18-7-6-12-27(2)16-24-21(15-23(18)27)22(26(30)31-24)17-28-13-10-20(11-14-28)25(29)19-8-4-3-5-9-19/h3-5,8-9,20-24H,1,6-7,10-17H2,2H3/t21-,22-,23-,24+,27+/m0/s1. The maximum absolute atomic E-state index is 12.8. The summed E-state index contributed by atoms with van der Waals surface area (Å²) >= 11 is 0. The number of fused-ring (bicyclic) bond motifs is 2. The maximum Gasteiger partial charge on any atom is 0.310 e. The van der Waals surface area contributed by atoms with Gasteiger partial charge in [0.15, 0.2) is 5.78 Å². The summed E-state index contributed by atoms with van der Waals surface area (Å²) < 4.78 is 5.94. The Morgan fingerprint density at radius 3 is 2.71 bits per heavy atom. The van der Waals surface area contributed by atoms with Crippen LogP contribution in [-0.4, -0.2) is 42.4 Å². The molecular weight excluding hydrogens is 386 g/mol. The molecule has 0 spiro atoms. The molecule has 0 N–H and O–H groups in total. The number of benzene rings is 1. The van der Waals surface area contributed by atoms with Crippen LogP contribution >= 0.6 is 0 Å². The van der Waals surface area contributed by atoms with E-state index in [4.69, 9.17) is 4.74 Å². The largest absolute Gasteiger partial charge is 0.462 e. The molecule has 4 aliphatic rings. The van der Waals surface area contributed by atoms with Gasteiger partial charge in [-0.2, -0.15) is 0 Å². The van der Waals surface area contributed by atoms with Crippen LogP contribution in [0.25, 0.3) is 0 Å². The van der Waals surface area contributed by atoms with Crippen molar-refractivity contribution < 1.29 is 14.3 Å². The average molecular weight is 422 g/mol. The Balaban J connectivity index is 1.21. The van der Waals surface area contributed by atoms with Crippen LogP contribution in [0.5, 0.6) is 0 Å². The zero-order chi connectivity index (χ0) is 21.6. The lowest BCUT2D eigenvalue weighted by Crippen LogP contribution is -2.46. The first-order valence-electron chi connectivity index (χ1n) is 12.1. The molecule has 0 unspecified atom stereocenters. The van der Waals surface area contributed by atoms with Gasteiger partial charge in [0.2, 0.25) is 0 Å². The van der Waals surface area contributed by atoms with Gasteiger partial charge in [-0.3, -0.25) is 9.59 Å². The molecule has 5 atom stereocenters. The lowest BCUT2D eigenvalue weighted by molar-refractivity contribution is -0.146. The van der Waals surface area contributed by atoms with Crippen molar-refractivity contribution >= 4 is 11.8 Å². The Morgan fingerprint density at radius 2 is 1.97 bits per heavy atom. The quantitative estimate of drug-likeness (QED) is 0.394. The second kappa shape index (κ2) is 8.20. The molecule has 0 bridgehead atoms. The molecule has 2 heterocycles. The van der Waals surface area contributed by atoms with E-state index in [1.165, 1.54) is 18.4 Å². The van der Waals surface area contributed by atoms with Crippen LogP contribution in [-0.2, 0) is 9.53 Å². The highest BCUT2D eigenvalue weighted by Crippen LogP contribution is 2.57. The van der Waals surface area contributed by atoms with Gasteiger partial charge in [0.05, 0.1) is 5.92 Å². The number of nitrogens with zero attached hydrogens (tertiary/aromatic N) is 1. The van der Waals surface area contributed by atoms with Crippen LogP contribution in [0.15, 0.2) is 42.5 Å². The topological polar surface area (TPSA) is 46.6 Å². The first-order valence-corrected chi connectivity index (χ1v) is 12.1. The summed E-state index contributed by atoms with van der Waals surface area (Å²) in [5, 5.41) is 0. The fraction of sp³-hybridized carbons (Fsp3) is 0.630. The van der Waals surface area contributed by atoms with Crippen molar-refractivity contribution in [2.24, 2.45) is 29.1 Å². The predicted octanol–water partition coefficient (Wildman–Crippen LogP) is 4.90. The third kappa shape index (κ3) is 3.88. The number of ketones is 1. The van der Waals surface area contributed by atoms with Crippen molar-refractivity contribution in [1.82, 2.24) is 4.90 Å². The smallest absolute Gasteiger partial charge is 0.310 e. The molecule has 2 aliphatic heterocycles. The fourth-order valence-electron chi connectivity index (χ4n) is 6.96. The number of carbonyl (C=O) groups excluding carboxylic acids is 2. The number of Topliss-reactive ketones (excluding diaryl/α,β-unsaturated/α-hetero) is 1. The van der Waals surface area contributed by atoms with Crippen molar-refractivity contribution in [2.45, 2.75) is 58.0 Å². The number of rotatable bonds is 4. The van der Waals surface area contributed by atoms with Crippen LogP contribution in [0.4, 0.5) is 0 Å². The Bertz CT molecular complexity index is 856. The zero-order valence-electron chi connectivity index (χ0n) is 18.7. The van der Waals surface area contributed by atoms with Gasteiger partial charge < -0.3 is 9.64 Å². The van der Waals surface area contributed by atoms with E-state index in [1.807, 2.05) is 30.3 Å². The molecule has 2 saturated carbocycles. The number of esters is 1. The molecule has 0 aromatic heterocycles. The minimum Gasteiger partial charge on any atom is -0.462 e. The molecule has 2 saturated heterocycles. The minimum atomic E-state index is -0.0225. The Labute approximate surface area is 186 Å². The van der Waals surface area contributed by atoms with Gasteiger partial charge in [-0.1, -0.05) is 49.4 Å². The molecule has 0 radical (unpaired) electrons. The number of allylic oxidation sites excluding steroid dienone is 1. The molecule has 0 amide bonds. The van der Waals surface area contributed by atoms with E-state index in [-0.39, 0.29) is 35.1 Å². The van der Waals surface area contributed by atoms with E-state index < -0.39 is 0 Å². The van der Waals surface area contributed by atoms with E-state index in [1.54, 1.807) is 0 Å². The second-order valence-corrected chi connectivity index (χ2v) is 10.7. The summed E-state index contributed by atoms with van der Waals surface area (Å²) in [6, 6.07) is 9.64. The number of hydrogen-bond acceptors (Lipinski definition) is 4. The predicted molar refractivity (Wildman–Crippen MR) is 121 cm³/mol. The first-order chi connectivity index (χ1) is 14.9. The summed E-state index contributed by atoms with van der Waals surface area (Å²) in [4.78, 5) is 28.0. The molecule has 31 heavy (non-hydrogen) atoms. The van der Waals surface area contributed by atoms with Crippen LogP contribution in [0.3, 0.4) is 0 Å². The van der Waals surface area contributed by atoms with E-state index in [2.05, 4.69) is 18.4 Å². The van der Waals surface area contributed by atoms with Crippen molar-refractivity contribution in [1.29, 1.82) is 0 Å². The monoisotopic (exact) mass is 421 g/mol. The summed E-state index contributed by atoms with van der Waals surface area (Å²) in [7, 11) is 0. The van der Waals surface area contributed by atoms with E-state index >= 15 is 0 Å². The van der Waals surface area contributed by atoms with Crippen LogP contribution in [0, 0.1) is 29.1 Å². The fourth-order valence-corrected chi connectivity index (χ4v) is 6.96. The molecule has 5 rings (SSSR count). The third-order valence-electron chi connectivity index (χ3n) is 8.79. The minimum absolute atomic E-state index is 0.00495. The number of likely N-dealkylation sites (tertiary alicyclic amines) is 1. The van der Waals surface area contributed by atoms with Crippen LogP contribution in [0.2, 0.25) is 0 Å². The average Bonchev–Trinajstić information content (AvgIpc) is 3.06. The van der Waals surface area contributed by atoms with E-state index in [0.717, 1.165) is 57.3 Å². The Kier molecular flexibility index (Phi) is 5.54. The van der Waals surface area contributed by atoms with E-state index in [9.17, 15) is 9.59 Å². The highest BCUT2D eigenvalue weighted by Gasteiger charge is 2.55.